The smallest absolute Gasteiger partial charge is 0.170 e. The fraction of sp³-hybridized carbons (Fsp3) is 0.100. The van der Waals surface area contributed by atoms with E-state index in [4.69, 9.17) is 9.26 Å². The zero-order valence-electron chi connectivity index (χ0n) is 7.53. The number of halogens is 1. The highest BCUT2D eigenvalue weighted by Crippen LogP contribution is 2.29. The van der Waals surface area contributed by atoms with Crippen LogP contribution in [0.2, 0.25) is 0 Å². The van der Waals surface area contributed by atoms with Crippen LogP contribution < -0.4 is 4.74 Å². The Labute approximate surface area is 80.1 Å². The van der Waals surface area contributed by atoms with Gasteiger partial charge in [0, 0.05) is 6.07 Å². The van der Waals surface area contributed by atoms with Crippen LogP contribution in [0.3, 0.4) is 0 Å². The van der Waals surface area contributed by atoms with E-state index < -0.39 is 0 Å². The lowest BCUT2D eigenvalue weighted by molar-refractivity contribution is 0.405. The quantitative estimate of drug-likeness (QED) is 0.734. The highest BCUT2D eigenvalue weighted by Gasteiger charge is 2.09. The molecule has 0 saturated heterocycles. The van der Waals surface area contributed by atoms with Crippen LogP contribution in [0.25, 0.3) is 11.3 Å². The van der Waals surface area contributed by atoms with E-state index >= 15 is 0 Å². The zero-order valence-corrected chi connectivity index (χ0v) is 7.53. The number of hydrogen-bond acceptors (Lipinski definition) is 3. The molecule has 0 N–H and O–H groups in total. The molecule has 3 nitrogen and oxygen atoms in total. The number of methoxy groups -OCH3 is 1. The first-order valence-electron chi connectivity index (χ1n) is 4.06. The minimum atomic E-state index is -0.336. The third-order valence-corrected chi connectivity index (χ3v) is 1.86. The van der Waals surface area contributed by atoms with E-state index in [0.717, 1.165) is 0 Å². The number of hydrogen-bond donors (Lipinski definition) is 0. The molecule has 0 saturated carbocycles. The Bertz CT molecular complexity index is 426. The number of rotatable bonds is 2. The summed E-state index contributed by atoms with van der Waals surface area (Å²) in [5.41, 5.74) is 0.560. The van der Waals surface area contributed by atoms with Gasteiger partial charge in [-0.2, -0.15) is 0 Å². The molecule has 0 spiro atoms. The molecule has 4 heteroatoms. The maximum atomic E-state index is 13.0. The number of ether oxygens (including phenoxy) is 1. The van der Waals surface area contributed by atoms with E-state index in [1.807, 2.05) is 0 Å². The molecule has 0 unspecified atom stereocenters. The average molecular weight is 193 g/mol. The summed E-state index contributed by atoms with van der Waals surface area (Å²) in [4.78, 5) is 0. The number of aromatic nitrogens is 1. The monoisotopic (exact) mass is 193 g/mol. The standard InChI is InChI=1S/C10H8FNO2/c1-13-9-3-2-7(11)6-8(9)10-4-5-12-14-10/h2-6H,1H3. The van der Waals surface area contributed by atoms with E-state index in [2.05, 4.69) is 5.16 Å². The number of benzene rings is 1. The van der Waals surface area contributed by atoms with Crippen LogP contribution >= 0.6 is 0 Å². The molecule has 1 heterocycles. The predicted molar refractivity (Wildman–Crippen MR) is 48.4 cm³/mol. The average Bonchev–Trinajstić information content (AvgIpc) is 2.70. The summed E-state index contributed by atoms with van der Waals surface area (Å²) in [6, 6.07) is 5.88. The second kappa shape index (κ2) is 3.49. The third-order valence-electron chi connectivity index (χ3n) is 1.86. The van der Waals surface area contributed by atoms with Crippen molar-refractivity contribution in [2.24, 2.45) is 0 Å². The van der Waals surface area contributed by atoms with Crippen molar-refractivity contribution in [2.75, 3.05) is 7.11 Å². The van der Waals surface area contributed by atoms with Crippen LogP contribution in [0, 0.1) is 5.82 Å². The highest BCUT2D eigenvalue weighted by molar-refractivity contribution is 5.65. The topological polar surface area (TPSA) is 35.3 Å². The Hall–Kier alpha value is -1.84. The van der Waals surface area contributed by atoms with Gasteiger partial charge in [-0.05, 0) is 18.2 Å². The van der Waals surface area contributed by atoms with Crippen LogP contribution in [0.1, 0.15) is 0 Å². The first kappa shape index (κ1) is 8.74. The van der Waals surface area contributed by atoms with Crippen LogP contribution in [0.5, 0.6) is 5.75 Å². The molecule has 14 heavy (non-hydrogen) atoms. The Balaban J connectivity index is 2.55. The van der Waals surface area contributed by atoms with Crippen LogP contribution in [0.4, 0.5) is 4.39 Å². The molecule has 0 atom stereocenters. The van der Waals surface area contributed by atoms with Gasteiger partial charge in [0.05, 0.1) is 18.9 Å². The van der Waals surface area contributed by atoms with Crippen molar-refractivity contribution >= 4 is 0 Å². The molecule has 0 amide bonds. The molecule has 2 rings (SSSR count). The van der Waals surface area contributed by atoms with Crippen LogP contribution in [-0.2, 0) is 0 Å². The first-order chi connectivity index (χ1) is 6.81. The molecule has 0 bridgehead atoms. The van der Waals surface area contributed by atoms with Crippen molar-refractivity contribution in [3.63, 3.8) is 0 Å². The van der Waals surface area contributed by atoms with Crippen LogP contribution in [-0.4, -0.2) is 12.3 Å². The van der Waals surface area contributed by atoms with Gasteiger partial charge < -0.3 is 9.26 Å². The molecule has 0 aliphatic rings. The SMILES string of the molecule is COc1ccc(F)cc1-c1ccno1. The van der Waals surface area contributed by atoms with Crippen LogP contribution in [0.15, 0.2) is 35.0 Å². The molecule has 2 aromatic rings. The fourth-order valence-corrected chi connectivity index (χ4v) is 1.23. The van der Waals surface area contributed by atoms with Gasteiger partial charge in [-0.15, -0.1) is 0 Å². The second-order valence-electron chi connectivity index (χ2n) is 2.72. The summed E-state index contributed by atoms with van der Waals surface area (Å²) in [6.07, 6.45) is 1.50. The zero-order chi connectivity index (χ0) is 9.97. The van der Waals surface area contributed by atoms with Gasteiger partial charge in [-0.1, -0.05) is 5.16 Å². The lowest BCUT2D eigenvalue weighted by atomic mass is 10.1. The maximum Gasteiger partial charge on any atom is 0.170 e. The van der Waals surface area contributed by atoms with E-state index in [9.17, 15) is 4.39 Å². The largest absolute Gasteiger partial charge is 0.496 e. The Morgan fingerprint density at radius 3 is 2.86 bits per heavy atom. The van der Waals surface area contributed by atoms with Crippen molar-refractivity contribution in [1.82, 2.24) is 5.16 Å². The molecule has 0 fully saturated rings. The fourth-order valence-electron chi connectivity index (χ4n) is 1.23. The van der Waals surface area contributed by atoms with E-state index in [1.54, 1.807) is 12.1 Å². The molecule has 1 aromatic heterocycles. The van der Waals surface area contributed by atoms with Gasteiger partial charge in [-0.25, -0.2) is 4.39 Å². The van der Waals surface area contributed by atoms with E-state index in [0.29, 0.717) is 17.1 Å². The lowest BCUT2D eigenvalue weighted by Gasteiger charge is -2.04. The Morgan fingerprint density at radius 2 is 2.21 bits per heavy atom. The lowest BCUT2D eigenvalue weighted by Crippen LogP contribution is -1.87. The summed E-state index contributed by atoms with van der Waals surface area (Å²) < 4.78 is 22.9. The maximum absolute atomic E-state index is 13.0. The Morgan fingerprint density at radius 1 is 1.36 bits per heavy atom. The minimum absolute atomic E-state index is 0.336. The second-order valence-corrected chi connectivity index (χ2v) is 2.72. The van der Waals surface area contributed by atoms with E-state index in [-0.39, 0.29) is 5.82 Å². The first-order valence-corrected chi connectivity index (χ1v) is 4.06. The van der Waals surface area contributed by atoms with Gasteiger partial charge in [0.15, 0.2) is 5.76 Å². The summed E-state index contributed by atoms with van der Waals surface area (Å²) in [6.45, 7) is 0. The van der Waals surface area contributed by atoms with Gasteiger partial charge in [-0.3, -0.25) is 0 Å². The highest BCUT2D eigenvalue weighted by atomic mass is 19.1. The van der Waals surface area contributed by atoms with Gasteiger partial charge in [0.25, 0.3) is 0 Å². The number of nitrogens with zero attached hydrogens (tertiary/aromatic N) is 1. The summed E-state index contributed by atoms with van der Waals surface area (Å²) in [5, 5.41) is 3.55. The molecular formula is C10H8FNO2. The summed E-state index contributed by atoms with van der Waals surface area (Å²) in [7, 11) is 1.52. The molecule has 1 aromatic carbocycles. The van der Waals surface area contributed by atoms with Gasteiger partial charge >= 0.3 is 0 Å². The van der Waals surface area contributed by atoms with Gasteiger partial charge in [0.1, 0.15) is 11.6 Å². The normalized spacial score (nSPS) is 10.1. The van der Waals surface area contributed by atoms with Crippen molar-refractivity contribution < 1.29 is 13.7 Å². The molecule has 0 radical (unpaired) electrons. The van der Waals surface area contributed by atoms with Crippen molar-refractivity contribution in [2.45, 2.75) is 0 Å². The molecular weight excluding hydrogens is 185 g/mol. The Kier molecular flexibility index (Phi) is 2.18. The summed E-state index contributed by atoms with van der Waals surface area (Å²) in [5.74, 6) is 0.710. The molecule has 0 aliphatic heterocycles. The van der Waals surface area contributed by atoms with Crippen molar-refractivity contribution in [1.29, 1.82) is 0 Å². The van der Waals surface area contributed by atoms with Crippen molar-refractivity contribution in [3.05, 3.63) is 36.3 Å². The molecule has 72 valence electrons. The molecule has 0 aliphatic carbocycles. The minimum Gasteiger partial charge on any atom is -0.496 e. The predicted octanol–water partition coefficient (Wildman–Crippen LogP) is 2.49. The van der Waals surface area contributed by atoms with Crippen molar-refractivity contribution in [3.8, 4) is 17.1 Å². The van der Waals surface area contributed by atoms with Gasteiger partial charge in [0.2, 0.25) is 0 Å². The van der Waals surface area contributed by atoms with E-state index in [1.165, 1.54) is 25.4 Å². The summed E-state index contributed by atoms with van der Waals surface area (Å²) >= 11 is 0. The third kappa shape index (κ3) is 1.46.